The average Bonchev–Trinajstić information content (AvgIpc) is 2.82. The predicted octanol–water partition coefficient (Wildman–Crippen LogP) is 0.754. The van der Waals surface area contributed by atoms with E-state index in [1.54, 1.807) is 12.1 Å². The molecule has 0 radical (unpaired) electrons. The fourth-order valence-corrected chi connectivity index (χ4v) is 3.50. The van der Waals surface area contributed by atoms with Crippen molar-refractivity contribution in [3.63, 3.8) is 0 Å². The summed E-state index contributed by atoms with van der Waals surface area (Å²) in [4.78, 5) is 49.7. The van der Waals surface area contributed by atoms with Gasteiger partial charge in [-0.25, -0.2) is 4.79 Å². The summed E-state index contributed by atoms with van der Waals surface area (Å²) in [5, 5.41) is 17.3. The normalized spacial score (nSPS) is 13.1. The molecule has 0 aliphatic carbocycles. The van der Waals surface area contributed by atoms with E-state index in [0.29, 0.717) is 5.56 Å². The molecule has 0 fully saturated rings. The summed E-state index contributed by atoms with van der Waals surface area (Å²) in [6, 6.07) is 12.3. The van der Waals surface area contributed by atoms with Crippen molar-refractivity contribution in [3.05, 3.63) is 65.7 Å². The second kappa shape index (κ2) is 13.2. The molecule has 0 saturated carbocycles. The Bertz CT molecular complexity index is 984. The van der Waals surface area contributed by atoms with Gasteiger partial charge in [0, 0.05) is 25.5 Å². The van der Waals surface area contributed by atoms with Crippen molar-refractivity contribution in [3.8, 4) is 5.75 Å². The van der Waals surface area contributed by atoms with Gasteiger partial charge in [-0.15, -0.1) is 0 Å². The molecule has 0 aliphatic heterocycles. The summed E-state index contributed by atoms with van der Waals surface area (Å²) >= 11 is 4.11. The third-order valence-corrected chi connectivity index (χ3v) is 5.34. The Morgan fingerprint density at radius 1 is 0.824 bits per heavy atom. The van der Waals surface area contributed by atoms with Crippen molar-refractivity contribution in [1.29, 1.82) is 0 Å². The fourth-order valence-electron chi connectivity index (χ4n) is 3.25. The number of hydrogen-bond donors (Lipinski definition) is 5. The van der Waals surface area contributed by atoms with Crippen LogP contribution >= 0.6 is 12.6 Å². The van der Waals surface area contributed by atoms with E-state index < -0.39 is 41.8 Å². The molecule has 0 aliphatic rings. The molecule has 10 heteroatoms. The van der Waals surface area contributed by atoms with Crippen LogP contribution in [-0.2, 0) is 36.8 Å². The van der Waals surface area contributed by atoms with Crippen LogP contribution in [0.15, 0.2) is 54.6 Å². The minimum atomic E-state index is -1.03. The molecule has 2 aromatic carbocycles. The Balaban J connectivity index is 2.22. The number of aromatic hydroxyl groups is 1. The zero-order valence-corrected chi connectivity index (χ0v) is 19.9. The third-order valence-electron chi connectivity index (χ3n) is 4.97. The number of nitrogens with one attached hydrogen (secondary N) is 3. The number of methoxy groups -OCH3 is 1. The molecular formula is C24H29N3O6S. The van der Waals surface area contributed by atoms with Crippen molar-refractivity contribution in [2.45, 2.75) is 37.9 Å². The predicted molar refractivity (Wildman–Crippen MR) is 129 cm³/mol. The van der Waals surface area contributed by atoms with Gasteiger partial charge < -0.3 is 25.8 Å². The first-order chi connectivity index (χ1) is 16.2. The van der Waals surface area contributed by atoms with Crippen molar-refractivity contribution < 1.29 is 29.0 Å². The lowest BCUT2D eigenvalue weighted by atomic mass is 10.0. The van der Waals surface area contributed by atoms with Crippen molar-refractivity contribution in [2.24, 2.45) is 0 Å². The van der Waals surface area contributed by atoms with E-state index in [1.807, 2.05) is 30.3 Å². The smallest absolute Gasteiger partial charge is 0.328 e. The van der Waals surface area contributed by atoms with Gasteiger partial charge in [0.15, 0.2) is 0 Å². The first-order valence-electron chi connectivity index (χ1n) is 10.6. The number of ether oxygens (including phenoxy) is 1. The fraction of sp³-hybridized carbons (Fsp3) is 0.333. The van der Waals surface area contributed by atoms with E-state index in [1.165, 1.54) is 26.2 Å². The highest BCUT2D eigenvalue weighted by molar-refractivity contribution is 7.80. The molecule has 2 rings (SSSR count). The molecule has 2 aromatic rings. The number of rotatable bonds is 11. The summed E-state index contributed by atoms with van der Waals surface area (Å²) in [6.07, 6.45) is 0.279. The quantitative estimate of drug-likeness (QED) is 0.235. The van der Waals surface area contributed by atoms with Gasteiger partial charge in [0.2, 0.25) is 17.7 Å². The molecule has 3 atom stereocenters. The standard InChI is InChI=1S/C24H29N3O6S/c1-15(28)25-21(14-34)23(31)26-19(12-16-6-4-3-5-7-16)22(30)27-20(24(32)33-2)13-17-8-10-18(29)11-9-17/h3-11,19-21,29,34H,12-14H2,1-2H3,(H,25,28)(H,26,31)(H,27,30)/t19-,20-,21-/m0/s1. The molecule has 4 N–H and O–H groups in total. The lowest BCUT2D eigenvalue weighted by Crippen LogP contribution is -2.57. The van der Waals surface area contributed by atoms with Crippen molar-refractivity contribution >= 4 is 36.3 Å². The Labute approximate surface area is 203 Å². The van der Waals surface area contributed by atoms with Crippen LogP contribution in [0.4, 0.5) is 0 Å². The van der Waals surface area contributed by atoms with Crippen LogP contribution in [0, 0.1) is 0 Å². The Hall–Kier alpha value is -3.53. The second-order valence-corrected chi connectivity index (χ2v) is 8.01. The van der Waals surface area contributed by atoms with Crippen LogP contribution in [-0.4, -0.2) is 59.8 Å². The number of carbonyl (C=O) groups is 4. The van der Waals surface area contributed by atoms with Gasteiger partial charge in [-0.05, 0) is 23.3 Å². The molecule has 0 spiro atoms. The van der Waals surface area contributed by atoms with E-state index in [9.17, 15) is 24.3 Å². The van der Waals surface area contributed by atoms with Crippen LogP contribution in [0.1, 0.15) is 18.1 Å². The van der Waals surface area contributed by atoms with Crippen LogP contribution in [0.5, 0.6) is 5.75 Å². The average molecular weight is 488 g/mol. The Morgan fingerprint density at radius 2 is 1.35 bits per heavy atom. The van der Waals surface area contributed by atoms with Gasteiger partial charge in [0.25, 0.3) is 0 Å². The molecule has 0 aromatic heterocycles. The second-order valence-electron chi connectivity index (χ2n) is 7.64. The molecule has 3 amide bonds. The first kappa shape index (κ1) is 26.7. The maximum absolute atomic E-state index is 13.2. The van der Waals surface area contributed by atoms with Crippen molar-refractivity contribution in [2.75, 3.05) is 12.9 Å². The van der Waals surface area contributed by atoms with E-state index in [-0.39, 0.29) is 24.3 Å². The number of carbonyl (C=O) groups excluding carboxylic acids is 4. The molecular weight excluding hydrogens is 458 g/mol. The number of phenolic OH excluding ortho intramolecular Hbond substituents is 1. The molecule has 182 valence electrons. The number of phenols is 1. The minimum Gasteiger partial charge on any atom is -0.508 e. The third kappa shape index (κ3) is 8.43. The maximum atomic E-state index is 13.2. The maximum Gasteiger partial charge on any atom is 0.328 e. The van der Waals surface area contributed by atoms with Crippen LogP contribution < -0.4 is 16.0 Å². The lowest BCUT2D eigenvalue weighted by molar-refractivity contribution is -0.145. The minimum absolute atomic E-state index is 0.0384. The molecule has 34 heavy (non-hydrogen) atoms. The number of amides is 3. The summed E-state index contributed by atoms with van der Waals surface area (Å²) in [6.45, 7) is 1.28. The van der Waals surface area contributed by atoms with Gasteiger partial charge in [0.1, 0.15) is 23.9 Å². The molecule has 0 bridgehead atoms. The largest absolute Gasteiger partial charge is 0.508 e. The van der Waals surface area contributed by atoms with E-state index in [0.717, 1.165) is 5.56 Å². The van der Waals surface area contributed by atoms with Crippen LogP contribution in [0.3, 0.4) is 0 Å². The van der Waals surface area contributed by atoms with Gasteiger partial charge in [-0.3, -0.25) is 14.4 Å². The zero-order valence-electron chi connectivity index (χ0n) is 19.0. The topological polar surface area (TPSA) is 134 Å². The van der Waals surface area contributed by atoms with Gasteiger partial charge in [-0.1, -0.05) is 42.5 Å². The zero-order chi connectivity index (χ0) is 25.1. The molecule has 0 heterocycles. The highest BCUT2D eigenvalue weighted by Gasteiger charge is 2.29. The van der Waals surface area contributed by atoms with E-state index in [4.69, 9.17) is 4.74 Å². The van der Waals surface area contributed by atoms with E-state index >= 15 is 0 Å². The highest BCUT2D eigenvalue weighted by Crippen LogP contribution is 2.12. The summed E-state index contributed by atoms with van der Waals surface area (Å²) in [5.74, 6) is -2.11. The monoisotopic (exact) mass is 487 g/mol. The molecule has 0 unspecified atom stereocenters. The highest BCUT2D eigenvalue weighted by atomic mass is 32.1. The Morgan fingerprint density at radius 3 is 1.91 bits per heavy atom. The van der Waals surface area contributed by atoms with Gasteiger partial charge >= 0.3 is 5.97 Å². The van der Waals surface area contributed by atoms with Gasteiger partial charge in [0.05, 0.1) is 7.11 Å². The van der Waals surface area contributed by atoms with E-state index in [2.05, 4.69) is 28.6 Å². The Kier molecular flexibility index (Phi) is 10.4. The number of thiol groups is 1. The van der Waals surface area contributed by atoms with Crippen LogP contribution in [0.2, 0.25) is 0 Å². The molecule has 9 nitrogen and oxygen atoms in total. The number of esters is 1. The lowest BCUT2D eigenvalue weighted by Gasteiger charge is -2.24. The number of hydrogen-bond acceptors (Lipinski definition) is 7. The van der Waals surface area contributed by atoms with Gasteiger partial charge in [-0.2, -0.15) is 12.6 Å². The summed E-state index contributed by atoms with van der Waals surface area (Å²) < 4.78 is 4.84. The molecule has 0 saturated heterocycles. The number of benzene rings is 2. The SMILES string of the molecule is COC(=O)[C@H](Cc1ccc(O)cc1)NC(=O)[C@H](Cc1ccccc1)NC(=O)[C@H](CS)NC(C)=O. The summed E-state index contributed by atoms with van der Waals surface area (Å²) in [5.41, 5.74) is 1.48. The first-order valence-corrected chi connectivity index (χ1v) is 11.2. The summed E-state index contributed by atoms with van der Waals surface area (Å²) in [7, 11) is 1.21. The van der Waals surface area contributed by atoms with Crippen molar-refractivity contribution in [1.82, 2.24) is 16.0 Å². The van der Waals surface area contributed by atoms with Crippen LogP contribution in [0.25, 0.3) is 0 Å².